The molecular formula is C15H17F2NO5. The number of carbonyl (C=O) groups excluding carboxylic acids is 1. The minimum atomic E-state index is -3.05. The van der Waals surface area contributed by atoms with Crippen molar-refractivity contribution in [2.75, 3.05) is 19.8 Å². The Hall–Kier alpha value is -2.22. The van der Waals surface area contributed by atoms with Crippen LogP contribution < -0.4 is 10.1 Å². The van der Waals surface area contributed by atoms with E-state index in [1.165, 1.54) is 24.3 Å². The number of nitrogens with one attached hydrogen (secondary N) is 1. The van der Waals surface area contributed by atoms with E-state index in [1.807, 2.05) is 0 Å². The summed E-state index contributed by atoms with van der Waals surface area (Å²) in [6, 6.07) is 5.56. The van der Waals surface area contributed by atoms with Gasteiger partial charge in [-0.2, -0.15) is 8.78 Å². The number of carbonyl (C=O) groups is 2. The number of halogens is 2. The number of alkyl halides is 2. The molecule has 1 heterocycles. The van der Waals surface area contributed by atoms with Gasteiger partial charge in [-0.25, -0.2) is 0 Å². The van der Waals surface area contributed by atoms with Gasteiger partial charge in [-0.3, -0.25) is 9.59 Å². The van der Waals surface area contributed by atoms with Crippen molar-refractivity contribution < 1.29 is 33.0 Å². The average Bonchev–Trinajstić information content (AvgIpc) is 2.53. The van der Waals surface area contributed by atoms with Crippen LogP contribution in [0.1, 0.15) is 23.2 Å². The molecule has 0 radical (unpaired) electrons. The van der Waals surface area contributed by atoms with Crippen molar-refractivity contribution in [2.24, 2.45) is 5.41 Å². The van der Waals surface area contributed by atoms with Crippen LogP contribution in [-0.4, -0.2) is 43.4 Å². The van der Waals surface area contributed by atoms with Gasteiger partial charge >= 0.3 is 12.6 Å². The van der Waals surface area contributed by atoms with Crippen molar-refractivity contribution >= 4 is 11.9 Å². The first-order valence-corrected chi connectivity index (χ1v) is 7.08. The molecule has 8 heteroatoms. The molecule has 1 aliphatic rings. The number of rotatable bonds is 6. The molecule has 1 aromatic rings. The second-order valence-electron chi connectivity index (χ2n) is 5.26. The van der Waals surface area contributed by atoms with Gasteiger partial charge in [0.25, 0.3) is 5.91 Å². The van der Waals surface area contributed by atoms with Gasteiger partial charge in [0.2, 0.25) is 0 Å². The van der Waals surface area contributed by atoms with Crippen LogP contribution in [0, 0.1) is 5.41 Å². The summed E-state index contributed by atoms with van der Waals surface area (Å²) in [7, 11) is 0. The highest BCUT2D eigenvalue weighted by molar-refractivity contribution is 5.97. The van der Waals surface area contributed by atoms with Crippen LogP contribution in [0.4, 0.5) is 8.78 Å². The molecule has 0 spiro atoms. The molecule has 0 atom stereocenters. The van der Waals surface area contributed by atoms with Gasteiger partial charge in [0.05, 0.1) is 11.0 Å². The zero-order valence-electron chi connectivity index (χ0n) is 12.3. The van der Waals surface area contributed by atoms with Crippen LogP contribution in [-0.2, 0) is 9.53 Å². The summed E-state index contributed by atoms with van der Waals surface area (Å²) in [5.41, 5.74) is -1.17. The maximum Gasteiger partial charge on any atom is 0.387 e. The van der Waals surface area contributed by atoms with Crippen molar-refractivity contribution in [3.8, 4) is 5.75 Å². The van der Waals surface area contributed by atoms with Crippen LogP contribution >= 0.6 is 0 Å². The molecular weight excluding hydrogens is 312 g/mol. The third-order valence-corrected chi connectivity index (χ3v) is 3.84. The summed E-state index contributed by atoms with van der Waals surface area (Å²) in [5, 5.41) is 11.9. The van der Waals surface area contributed by atoms with E-state index < -0.39 is 23.9 Å². The Labute approximate surface area is 131 Å². The lowest BCUT2D eigenvalue weighted by atomic mass is 9.80. The lowest BCUT2D eigenvalue weighted by Gasteiger charge is -2.33. The number of para-hydroxylation sites is 1. The van der Waals surface area contributed by atoms with Gasteiger partial charge in [0.15, 0.2) is 0 Å². The first kappa shape index (κ1) is 17.1. The fourth-order valence-electron chi connectivity index (χ4n) is 2.43. The third-order valence-electron chi connectivity index (χ3n) is 3.84. The van der Waals surface area contributed by atoms with E-state index in [0.29, 0.717) is 13.2 Å². The molecule has 1 fully saturated rings. The fraction of sp³-hybridized carbons (Fsp3) is 0.467. The lowest BCUT2D eigenvalue weighted by molar-refractivity contribution is -0.154. The Morgan fingerprint density at radius 2 is 1.96 bits per heavy atom. The van der Waals surface area contributed by atoms with Crippen LogP contribution in [0.5, 0.6) is 5.75 Å². The predicted molar refractivity (Wildman–Crippen MR) is 75.5 cm³/mol. The third kappa shape index (κ3) is 4.16. The van der Waals surface area contributed by atoms with Crippen molar-refractivity contribution in [3.63, 3.8) is 0 Å². The zero-order chi connectivity index (χ0) is 16.9. The fourth-order valence-corrected chi connectivity index (χ4v) is 2.43. The quantitative estimate of drug-likeness (QED) is 0.833. The monoisotopic (exact) mass is 329 g/mol. The average molecular weight is 329 g/mol. The van der Waals surface area contributed by atoms with Gasteiger partial charge < -0.3 is 19.9 Å². The lowest BCUT2D eigenvalue weighted by Crippen LogP contribution is -2.46. The topological polar surface area (TPSA) is 84.9 Å². The highest BCUT2D eigenvalue weighted by Gasteiger charge is 2.40. The molecule has 6 nitrogen and oxygen atoms in total. The minimum Gasteiger partial charge on any atom is -0.481 e. The van der Waals surface area contributed by atoms with Crippen LogP contribution in [0.2, 0.25) is 0 Å². The SMILES string of the molecule is O=C(NCC1(C(=O)O)CCOCC1)c1ccccc1OC(F)F. The maximum atomic E-state index is 12.4. The van der Waals surface area contributed by atoms with Crippen LogP contribution in [0.15, 0.2) is 24.3 Å². The Bertz CT molecular complexity index is 573. The number of carboxylic acid groups (broad SMARTS) is 1. The van der Waals surface area contributed by atoms with Crippen molar-refractivity contribution in [3.05, 3.63) is 29.8 Å². The Balaban J connectivity index is 2.08. The second-order valence-corrected chi connectivity index (χ2v) is 5.26. The largest absolute Gasteiger partial charge is 0.481 e. The molecule has 0 unspecified atom stereocenters. The van der Waals surface area contributed by atoms with Crippen molar-refractivity contribution in [1.29, 1.82) is 0 Å². The molecule has 126 valence electrons. The number of benzene rings is 1. The second kappa shape index (κ2) is 7.36. The Morgan fingerprint density at radius 1 is 1.30 bits per heavy atom. The summed E-state index contributed by atoms with van der Waals surface area (Å²) in [4.78, 5) is 23.7. The number of amides is 1. The standard InChI is InChI=1S/C15H17F2NO5/c16-14(17)23-11-4-2-1-3-10(11)12(19)18-9-15(13(20)21)5-7-22-8-6-15/h1-4,14H,5-9H2,(H,18,19)(H,20,21). The van der Waals surface area contributed by atoms with E-state index in [1.54, 1.807) is 0 Å². The molecule has 2 rings (SSSR count). The number of carboxylic acids is 1. The molecule has 0 aromatic heterocycles. The smallest absolute Gasteiger partial charge is 0.387 e. The number of ether oxygens (including phenoxy) is 2. The Morgan fingerprint density at radius 3 is 2.57 bits per heavy atom. The molecule has 0 bridgehead atoms. The maximum absolute atomic E-state index is 12.4. The van der Waals surface area contributed by atoms with Crippen molar-refractivity contribution in [2.45, 2.75) is 19.5 Å². The highest BCUT2D eigenvalue weighted by Crippen LogP contribution is 2.30. The van der Waals surface area contributed by atoms with Crippen LogP contribution in [0.25, 0.3) is 0 Å². The van der Waals surface area contributed by atoms with Gasteiger partial charge in [0.1, 0.15) is 5.75 Å². The molecule has 2 N–H and O–H groups in total. The normalized spacial score (nSPS) is 16.8. The molecule has 1 amide bonds. The van der Waals surface area contributed by atoms with Gasteiger partial charge in [-0.15, -0.1) is 0 Å². The van der Waals surface area contributed by atoms with E-state index in [4.69, 9.17) is 4.74 Å². The highest BCUT2D eigenvalue weighted by atomic mass is 19.3. The summed E-state index contributed by atoms with van der Waals surface area (Å²) in [6.07, 6.45) is 0.551. The molecule has 1 aliphatic heterocycles. The molecule has 23 heavy (non-hydrogen) atoms. The van der Waals surface area contributed by atoms with E-state index in [0.717, 1.165) is 0 Å². The van der Waals surface area contributed by atoms with Gasteiger partial charge in [-0.05, 0) is 25.0 Å². The molecule has 1 aromatic carbocycles. The zero-order valence-corrected chi connectivity index (χ0v) is 12.3. The first-order valence-electron chi connectivity index (χ1n) is 7.08. The van der Waals surface area contributed by atoms with Crippen molar-refractivity contribution in [1.82, 2.24) is 5.32 Å². The van der Waals surface area contributed by atoms with E-state index in [2.05, 4.69) is 10.1 Å². The predicted octanol–water partition coefficient (Wildman–Crippen LogP) is 1.90. The van der Waals surface area contributed by atoms with E-state index >= 15 is 0 Å². The summed E-state index contributed by atoms with van der Waals surface area (Å²) in [6.45, 7) is -2.56. The molecule has 0 saturated carbocycles. The first-order chi connectivity index (χ1) is 10.9. The summed E-state index contributed by atoms with van der Waals surface area (Å²) >= 11 is 0. The summed E-state index contributed by atoms with van der Waals surface area (Å²) in [5.74, 6) is -1.93. The summed E-state index contributed by atoms with van der Waals surface area (Å²) < 4.78 is 34.2. The van der Waals surface area contributed by atoms with Crippen LogP contribution in [0.3, 0.4) is 0 Å². The minimum absolute atomic E-state index is 0.0691. The molecule has 1 saturated heterocycles. The number of aliphatic carboxylic acids is 1. The van der Waals surface area contributed by atoms with Gasteiger partial charge in [0, 0.05) is 19.8 Å². The van der Waals surface area contributed by atoms with Gasteiger partial charge in [-0.1, -0.05) is 12.1 Å². The number of hydrogen-bond donors (Lipinski definition) is 2. The van der Waals surface area contributed by atoms with E-state index in [9.17, 15) is 23.5 Å². The number of hydrogen-bond acceptors (Lipinski definition) is 4. The Kier molecular flexibility index (Phi) is 5.49. The molecule has 0 aliphatic carbocycles. The van der Waals surface area contributed by atoms with E-state index in [-0.39, 0.29) is 30.7 Å².